The van der Waals surface area contributed by atoms with E-state index in [1.54, 1.807) is 38.2 Å². The zero-order valence-corrected chi connectivity index (χ0v) is 13.1. The summed E-state index contributed by atoms with van der Waals surface area (Å²) >= 11 is 0. The van der Waals surface area contributed by atoms with Gasteiger partial charge >= 0.3 is 0 Å². The van der Waals surface area contributed by atoms with Crippen molar-refractivity contribution in [2.45, 2.75) is 24.8 Å². The first-order valence-corrected chi connectivity index (χ1v) is 8.19. The van der Waals surface area contributed by atoms with Crippen LogP contribution in [0.25, 0.3) is 0 Å². The van der Waals surface area contributed by atoms with Crippen LogP contribution in [0, 0.1) is 6.92 Å². The van der Waals surface area contributed by atoms with Gasteiger partial charge in [-0.2, -0.15) is 0 Å². The van der Waals surface area contributed by atoms with Gasteiger partial charge in [-0.25, -0.2) is 13.6 Å². The van der Waals surface area contributed by atoms with E-state index in [0.717, 1.165) is 5.69 Å². The van der Waals surface area contributed by atoms with Gasteiger partial charge in [0.2, 0.25) is 10.0 Å². The summed E-state index contributed by atoms with van der Waals surface area (Å²) in [6, 6.07) is 9.34. The van der Waals surface area contributed by atoms with Crippen LogP contribution in [0.3, 0.4) is 0 Å². The van der Waals surface area contributed by atoms with Crippen molar-refractivity contribution in [1.82, 2.24) is 10.3 Å². The van der Waals surface area contributed by atoms with Crippen LogP contribution in [-0.4, -0.2) is 19.3 Å². The number of carbonyl (C=O) groups is 1. The molecule has 0 aliphatic carbocycles. The average molecular weight is 319 g/mol. The van der Waals surface area contributed by atoms with Crippen molar-refractivity contribution in [3.63, 3.8) is 0 Å². The molecule has 0 fully saturated rings. The minimum Gasteiger partial charge on any atom is -0.344 e. The predicted molar refractivity (Wildman–Crippen MR) is 82.7 cm³/mol. The molecular formula is C15H17N3O3S. The maximum atomic E-state index is 12.4. The molecule has 2 rings (SSSR count). The zero-order valence-electron chi connectivity index (χ0n) is 12.3. The van der Waals surface area contributed by atoms with E-state index in [-0.39, 0.29) is 22.4 Å². The monoisotopic (exact) mass is 319 g/mol. The predicted octanol–water partition coefficient (Wildman–Crippen LogP) is 1.53. The third kappa shape index (κ3) is 3.69. The largest absolute Gasteiger partial charge is 0.344 e. The van der Waals surface area contributed by atoms with Gasteiger partial charge in [-0.1, -0.05) is 12.1 Å². The Labute approximate surface area is 129 Å². The molecule has 1 aromatic carbocycles. The molecule has 0 radical (unpaired) electrons. The lowest BCUT2D eigenvalue weighted by atomic mass is 10.1. The maximum Gasteiger partial charge on any atom is 0.252 e. The molecule has 1 heterocycles. The second kappa shape index (κ2) is 6.25. The fourth-order valence-corrected chi connectivity index (χ4v) is 2.54. The standard InChI is InChI=1S/C15H17N3O3S/c1-10-6-7-12(22(16,20)21)9-13(10)15(19)18-11(2)14-5-3-4-8-17-14/h3-9,11H,1-2H3,(H,18,19)(H2,16,20,21). The maximum absolute atomic E-state index is 12.4. The molecule has 6 nitrogen and oxygen atoms in total. The van der Waals surface area contributed by atoms with Gasteiger partial charge in [-0.3, -0.25) is 9.78 Å². The van der Waals surface area contributed by atoms with E-state index in [2.05, 4.69) is 10.3 Å². The highest BCUT2D eigenvalue weighted by atomic mass is 32.2. The number of aryl methyl sites for hydroxylation is 1. The van der Waals surface area contributed by atoms with Gasteiger partial charge in [0, 0.05) is 11.8 Å². The van der Waals surface area contributed by atoms with Gasteiger partial charge in [-0.15, -0.1) is 0 Å². The van der Waals surface area contributed by atoms with E-state index in [1.165, 1.54) is 12.1 Å². The van der Waals surface area contributed by atoms with Gasteiger partial charge < -0.3 is 5.32 Å². The topological polar surface area (TPSA) is 102 Å². The Morgan fingerprint density at radius 3 is 2.59 bits per heavy atom. The van der Waals surface area contributed by atoms with Crippen LogP contribution in [0.4, 0.5) is 0 Å². The molecule has 0 aliphatic heterocycles. The van der Waals surface area contributed by atoms with Crippen LogP contribution < -0.4 is 10.5 Å². The molecule has 1 unspecified atom stereocenters. The number of sulfonamides is 1. The highest BCUT2D eigenvalue weighted by molar-refractivity contribution is 7.89. The second-order valence-electron chi connectivity index (χ2n) is 4.97. The van der Waals surface area contributed by atoms with Crippen molar-refractivity contribution in [2.24, 2.45) is 5.14 Å². The van der Waals surface area contributed by atoms with Crippen LogP contribution in [0.2, 0.25) is 0 Å². The molecule has 3 N–H and O–H groups in total. The fraction of sp³-hybridized carbons (Fsp3) is 0.200. The third-order valence-electron chi connectivity index (χ3n) is 3.26. The summed E-state index contributed by atoms with van der Waals surface area (Å²) in [5.41, 5.74) is 1.66. The lowest BCUT2D eigenvalue weighted by molar-refractivity contribution is 0.0938. The number of benzene rings is 1. The Morgan fingerprint density at radius 1 is 1.27 bits per heavy atom. The first kappa shape index (κ1) is 16.1. The average Bonchev–Trinajstić information content (AvgIpc) is 2.47. The van der Waals surface area contributed by atoms with E-state index < -0.39 is 10.0 Å². The van der Waals surface area contributed by atoms with Gasteiger partial charge in [0.05, 0.1) is 16.6 Å². The van der Waals surface area contributed by atoms with Crippen LogP contribution in [0.5, 0.6) is 0 Å². The van der Waals surface area contributed by atoms with Gasteiger partial charge in [0.25, 0.3) is 5.91 Å². The smallest absolute Gasteiger partial charge is 0.252 e. The summed E-state index contributed by atoms with van der Waals surface area (Å²) < 4.78 is 22.8. The highest BCUT2D eigenvalue weighted by Gasteiger charge is 2.17. The normalized spacial score (nSPS) is 12.7. The van der Waals surface area contributed by atoms with Crippen molar-refractivity contribution < 1.29 is 13.2 Å². The minimum absolute atomic E-state index is 0.0891. The van der Waals surface area contributed by atoms with Gasteiger partial charge in [0.1, 0.15) is 0 Å². The molecule has 0 aliphatic rings. The number of amides is 1. The molecule has 7 heteroatoms. The summed E-state index contributed by atoms with van der Waals surface area (Å²) in [6.07, 6.45) is 1.64. The number of hydrogen-bond donors (Lipinski definition) is 2. The fourth-order valence-electron chi connectivity index (χ4n) is 2.00. The molecule has 22 heavy (non-hydrogen) atoms. The first-order chi connectivity index (χ1) is 10.3. The van der Waals surface area contributed by atoms with E-state index in [4.69, 9.17) is 5.14 Å². The number of aromatic nitrogens is 1. The molecule has 1 amide bonds. The number of carbonyl (C=O) groups excluding carboxylic acids is 1. The number of nitrogens with one attached hydrogen (secondary N) is 1. The minimum atomic E-state index is -3.85. The van der Waals surface area contributed by atoms with Crippen molar-refractivity contribution in [1.29, 1.82) is 0 Å². The lowest BCUT2D eigenvalue weighted by Gasteiger charge is -2.15. The van der Waals surface area contributed by atoms with Crippen molar-refractivity contribution in [3.05, 3.63) is 59.4 Å². The molecule has 2 aromatic rings. The highest BCUT2D eigenvalue weighted by Crippen LogP contribution is 2.16. The Balaban J connectivity index is 2.26. The summed E-state index contributed by atoms with van der Waals surface area (Å²) in [7, 11) is -3.85. The summed E-state index contributed by atoms with van der Waals surface area (Å²) in [5.74, 6) is -0.374. The Bertz CT molecular complexity index is 789. The number of rotatable bonds is 4. The van der Waals surface area contributed by atoms with Gasteiger partial charge in [-0.05, 0) is 43.7 Å². The molecule has 1 atom stereocenters. The van der Waals surface area contributed by atoms with Crippen LogP contribution in [0.15, 0.2) is 47.5 Å². The number of pyridine rings is 1. The summed E-state index contributed by atoms with van der Waals surface area (Å²) in [6.45, 7) is 3.53. The van der Waals surface area contributed by atoms with Crippen LogP contribution in [-0.2, 0) is 10.0 Å². The molecule has 0 saturated heterocycles. The van der Waals surface area contributed by atoms with Crippen molar-refractivity contribution in [2.75, 3.05) is 0 Å². The SMILES string of the molecule is Cc1ccc(S(N)(=O)=O)cc1C(=O)NC(C)c1ccccn1. The molecule has 0 spiro atoms. The molecule has 0 saturated carbocycles. The van der Waals surface area contributed by atoms with Crippen LogP contribution >= 0.6 is 0 Å². The van der Waals surface area contributed by atoms with Gasteiger partial charge in [0.15, 0.2) is 0 Å². The van der Waals surface area contributed by atoms with E-state index in [9.17, 15) is 13.2 Å². The van der Waals surface area contributed by atoms with Crippen molar-refractivity contribution >= 4 is 15.9 Å². The number of hydrogen-bond acceptors (Lipinski definition) is 4. The lowest BCUT2D eigenvalue weighted by Crippen LogP contribution is -2.28. The van der Waals surface area contributed by atoms with Crippen molar-refractivity contribution in [3.8, 4) is 0 Å². The summed E-state index contributed by atoms with van der Waals surface area (Å²) in [4.78, 5) is 16.4. The zero-order chi connectivity index (χ0) is 16.3. The summed E-state index contributed by atoms with van der Waals surface area (Å²) in [5, 5.41) is 7.89. The molecular weight excluding hydrogens is 302 g/mol. The number of nitrogens with two attached hydrogens (primary N) is 1. The third-order valence-corrected chi connectivity index (χ3v) is 4.17. The Hall–Kier alpha value is -2.25. The molecule has 1 aromatic heterocycles. The molecule has 116 valence electrons. The number of primary sulfonamides is 1. The van der Waals surface area contributed by atoms with E-state index >= 15 is 0 Å². The van der Waals surface area contributed by atoms with E-state index in [0.29, 0.717) is 5.56 Å². The first-order valence-electron chi connectivity index (χ1n) is 6.64. The Morgan fingerprint density at radius 2 is 2.00 bits per heavy atom. The second-order valence-corrected chi connectivity index (χ2v) is 6.53. The molecule has 0 bridgehead atoms. The Kier molecular flexibility index (Phi) is 4.58. The number of nitrogens with zero attached hydrogens (tertiary/aromatic N) is 1. The quantitative estimate of drug-likeness (QED) is 0.892. The van der Waals surface area contributed by atoms with E-state index in [1.807, 2.05) is 6.07 Å². The van der Waals surface area contributed by atoms with Crippen LogP contribution in [0.1, 0.15) is 34.6 Å².